The quantitative estimate of drug-likeness (QED) is 0.899. The van der Waals surface area contributed by atoms with Gasteiger partial charge < -0.3 is 10.8 Å². The molecule has 2 rings (SSSR count). The molecule has 0 aromatic carbocycles. The first kappa shape index (κ1) is 13.5. The number of nitrogens with two attached hydrogens (primary N) is 1. The van der Waals surface area contributed by atoms with Crippen LogP contribution in [0.4, 0.5) is 0 Å². The molecule has 17 heavy (non-hydrogen) atoms. The molecular weight excluding hydrogens is 298 g/mol. The molecule has 1 aromatic rings. The number of hydrogen-bond acceptors (Lipinski definition) is 3. The van der Waals surface area contributed by atoms with Crippen LogP contribution in [0.2, 0.25) is 0 Å². The lowest BCUT2D eigenvalue weighted by molar-refractivity contribution is -0.00432. The summed E-state index contributed by atoms with van der Waals surface area (Å²) >= 11 is 5.30. The van der Waals surface area contributed by atoms with Crippen molar-refractivity contribution in [2.45, 2.75) is 39.2 Å². The minimum atomic E-state index is -0.311. The Morgan fingerprint density at radius 2 is 2.24 bits per heavy atom. The summed E-state index contributed by atoms with van der Waals surface area (Å²) in [6.45, 7) is 4.83. The van der Waals surface area contributed by atoms with E-state index < -0.39 is 0 Å². The molecule has 1 aliphatic rings. The highest BCUT2D eigenvalue weighted by Crippen LogP contribution is 2.51. The molecule has 0 aliphatic heterocycles. The maximum Gasteiger partial charge on any atom is 0.0662 e. The summed E-state index contributed by atoms with van der Waals surface area (Å²) in [6, 6.07) is 2.07. The highest BCUT2D eigenvalue weighted by molar-refractivity contribution is 9.10. The lowest BCUT2D eigenvalue weighted by Crippen LogP contribution is -2.44. The van der Waals surface area contributed by atoms with Gasteiger partial charge in [-0.2, -0.15) is 0 Å². The van der Waals surface area contributed by atoms with Gasteiger partial charge in [-0.25, -0.2) is 0 Å². The van der Waals surface area contributed by atoms with Crippen molar-refractivity contribution in [1.82, 2.24) is 0 Å². The minimum Gasteiger partial charge on any atom is -0.392 e. The highest BCUT2D eigenvalue weighted by atomic mass is 79.9. The molecule has 0 spiro atoms. The van der Waals surface area contributed by atoms with Crippen molar-refractivity contribution in [2.75, 3.05) is 6.54 Å². The van der Waals surface area contributed by atoms with Crippen LogP contribution < -0.4 is 5.73 Å². The Morgan fingerprint density at radius 1 is 1.53 bits per heavy atom. The van der Waals surface area contributed by atoms with Crippen molar-refractivity contribution in [1.29, 1.82) is 0 Å². The first-order valence-electron chi connectivity index (χ1n) is 6.01. The summed E-state index contributed by atoms with van der Waals surface area (Å²) in [6.07, 6.45) is 2.64. The number of aliphatic hydroxyl groups excluding tert-OH is 1. The van der Waals surface area contributed by atoms with Crippen LogP contribution in [0.25, 0.3) is 0 Å². The van der Waals surface area contributed by atoms with Crippen molar-refractivity contribution in [2.24, 2.45) is 16.6 Å². The van der Waals surface area contributed by atoms with E-state index in [4.69, 9.17) is 5.73 Å². The SMILES string of the molecule is CC1(C)CCC(CN)(Cc2sccc2Br)C1O. The van der Waals surface area contributed by atoms with Crippen molar-refractivity contribution < 1.29 is 5.11 Å². The van der Waals surface area contributed by atoms with E-state index in [-0.39, 0.29) is 16.9 Å². The van der Waals surface area contributed by atoms with Gasteiger partial charge in [-0.15, -0.1) is 11.3 Å². The topological polar surface area (TPSA) is 46.2 Å². The normalized spacial score (nSPS) is 31.9. The molecule has 0 radical (unpaired) electrons. The van der Waals surface area contributed by atoms with Crippen LogP contribution in [-0.4, -0.2) is 17.8 Å². The summed E-state index contributed by atoms with van der Waals surface area (Å²) in [5, 5.41) is 12.6. The Labute approximate surface area is 115 Å². The van der Waals surface area contributed by atoms with Crippen molar-refractivity contribution >= 4 is 27.3 Å². The lowest BCUT2D eigenvalue weighted by Gasteiger charge is -2.35. The molecular formula is C13H20BrNOS. The highest BCUT2D eigenvalue weighted by Gasteiger charge is 2.51. The van der Waals surface area contributed by atoms with Crippen LogP contribution >= 0.6 is 27.3 Å². The van der Waals surface area contributed by atoms with Gasteiger partial charge >= 0.3 is 0 Å². The molecule has 3 N–H and O–H groups in total. The molecule has 1 fully saturated rings. The minimum absolute atomic E-state index is 0.0108. The predicted octanol–water partition coefficient (Wildman–Crippen LogP) is 3.18. The number of thiophene rings is 1. The van der Waals surface area contributed by atoms with Crippen LogP contribution in [-0.2, 0) is 6.42 Å². The zero-order chi connectivity index (χ0) is 12.7. The maximum atomic E-state index is 10.6. The van der Waals surface area contributed by atoms with Crippen LogP contribution in [0.5, 0.6) is 0 Å². The van der Waals surface area contributed by atoms with E-state index in [1.807, 2.05) is 0 Å². The molecule has 0 saturated heterocycles. The molecule has 1 aliphatic carbocycles. The second-order valence-corrected chi connectivity index (χ2v) is 7.68. The van der Waals surface area contributed by atoms with E-state index in [1.165, 1.54) is 4.88 Å². The molecule has 2 atom stereocenters. The third-order valence-corrected chi connectivity index (χ3v) is 6.12. The molecule has 0 bridgehead atoms. The van der Waals surface area contributed by atoms with E-state index in [0.29, 0.717) is 6.54 Å². The Hall–Kier alpha value is 0.1000. The fourth-order valence-electron chi connectivity index (χ4n) is 2.92. The number of aliphatic hydroxyl groups is 1. The predicted molar refractivity (Wildman–Crippen MR) is 76.2 cm³/mol. The van der Waals surface area contributed by atoms with E-state index >= 15 is 0 Å². The average Bonchev–Trinajstić information content (AvgIpc) is 2.77. The standard InChI is InChI=1S/C13H20BrNOS/c1-12(2)4-5-13(8-15,11(12)16)7-10-9(14)3-6-17-10/h3,6,11,16H,4-5,7-8,15H2,1-2H3. The van der Waals surface area contributed by atoms with Gasteiger partial charge in [0.15, 0.2) is 0 Å². The zero-order valence-corrected chi connectivity index (χ0v) is 12.8. The van der Waals surface area contributed by atoms with Gasteiger partial charge in [0.25, 0.3) is 0 Å². The average molecular weight is 318 g/mol. The van der Waals surface area contributed by atoms with Crippen LogP contribution in [0, 0.1) is 10.8 Å². The first-order chi connectivity index (χ1) is 7.91. The Kier molecular flexibility index (Phi) is 3.70. The monoisotopic (exact) mass is 317 g/mol. The van der Waals surface area contributed by atoms with Gasteiger partial charge in [0.05, 0.1) is 6.10 Å². The second kappa shape index (κ2) is 4.65. The molecule has 2 unspecified atom stereocenters. The lowest BCUT2D eigenvalue weighted by atomic mass is 9.75. The molecule has 0 amide bonds. The maximum absolute atomic E-state index is 10.6. The fourth-order valence-corrected chi connectivity index (χ4v) is 4.56. The van der Waals surface area contributed by atoms with Crippen LogP contribution in [0.3, 0.4) is 0 Å². The summed E-state index contributed by atoms with van der Waals surface area (Å²) in [4.78, 5) is 1.30. The third kappa shape index (κ3) is 2.33. The van der Waals surface area contributed by atoms with Crippen LogP contribution in [0.15, 0.2) is 15.9 Å². The number of hydrogen-bond donors (Lipinski definition) is 2. The summed E-state index contributed by atoms with van der Waals surface area (Å²) in [7, 11) is 0. The molecule has 96 valence electrons. The smallest absolute Gasteiger partial charge is 0.0662 e. The molecule has 1 heterocycles. The summed E-state index contributed by atoms with van der Waals surface area (Å²) in [5.41, 5.74) is 5.82. The van der Waals surface area contributed by atoms with E-state index in [1.54, 1.807) is 11.3 Å². The molecule has 1 saturated carbocycles. The number of rotatable bonds is 3. The fraction of sp³-hybridized carbons (Fsp3) is 0.692. The van der Waals surface area contributed by atoms with Gasteiger partial charge in [0, 0.05) is 21.3 Å². The van der Waals surface area contributed by atoms with Gasteiger partial charge in [0.2, 0.25) is 0 Å². The molecule has 1 aromatic heterocycles. The zero-order valence-electron chi connectivity index (χ0n) is 10.4. The van der Waals surface area contributed by atoms with Crippen LogP contribution in [0.1, 0.15) is 31.6 Å². The van der Waals surface area contributed by atoms with E-state index in [9.17, 15) is 5.11 Å². The third-order valence-electron chi connectivity index (χ3n) is 4.20. The van der Waals surface area contributed by atoms with Crippen molar-refractivity contribution in [3.63, 3.8) is 0 Å². The van der Waals surface area contributed by atoms with Gasteiger partial charge in [-0.3, -0.25) is 0 Å². The summed E-state index contributed by atoms with van der Waals surface area (Å²) < 4.78 is 1.15. The van der Waals surface area contributed by atoms with Gasteiger partial charge in [-0.05, 0) is 52.1 Å². The van der Waals surface area contributed by atoms with Gasteiger partial charge in [-0.1, -0.05) is 13.8 Å². The molecule has 4 heteroatoms. The number of halogens is 1. The Bertz CT molecular complexity index is 404. The largest absolute Gasteiger partial charge is 0.392 e. The summed E-state index contributed by atoms with van der Waals surface area (Å²) in [5.74, 6) is 0. The van der Waals surface area contributed by atoms with Gasteiger partial charge in [0.1, 0.15) is 0 Å². The van der Waals surface area contributed by atoms with Crippen molar-refractivity contribution in [3.8, 4) is 0 Å². The molecule has 2 nitrogen and oxygen atoms in total. The van der Waals surface area contributed by atoms with E-state index in [2.05, 4.69) is 41.2 Å². The second-order valence-electron chi connectivity index (χ2n) is 5.83. The first-order valence-corrected chi connectivity index (χ1v) is 7.69. The Morgan fingerprint density at radius 3 is 2.65 bits per heavy atom. The van der Waals surface area contributed by atoms with E-state index in [0.717, 1.165) is 23.7 Å². The van der Waals surface area contributed by atoms with Crippen molar-refractivity contribution in [3.05, 3.63) is 20.8 Å². The Balaban J connectivity index is 2.25.